The minimum Gasteiger partial charge on any atom is -1.00 e. The van der Waals surface area contributed by atoms with Crippen molar-refractivity contribution in [2.24, 2.45) is 11.7 Å². The highest BCUT2D eigenvalue weighted by molar-refractivity contribution is 7.12. The van der Waals surface area contributed by atoms with Gasteiger partial charge in [-0.2, -0.15) is 0 Å². The molecule has 1 amide bonds. The van der Waals surface area contributed by atoms with Gasteiger partial charge in [0.25, 0.3) is 0 Å². The van der Waals surface area contributed by atoms with Gasteiger partial charge >= 0.3 is 5.97 Å². The average molecular weight is 645 g/mol. The fraction of sp³-hybridized carbons (Fsp3) is 0.519. The Labute approximate surface area is 239 Å². The van der Waals surface area contributed by atoms with Crippen molar-refractivity contribution in [3.8, 4) is 0 Å². The molecule has 4 rings (SSSR count). The van der Waals surface area contributed by atoms with Gasteiger partial charge in [-0.1, -0.05) is 23.7 Å². The Morgan fingerprint density at radius 1 is 1.14 bits per heavy atom. The number of nitrogens with two attached hydrogens (primary N) is 1. The third kappa shape index (κ3) is 6.49. The Hall–Kier alpha value is -1.49. The van der Waals surface area contributed by atoms with Crippen LogP contribution in [0.25, 0.3) is 0 Å². The highest BCUT2D eigenvalue weighted by Gasteiger charge is 2.49. The maximum atomic E-state index is 12.8. The molecule has 196 valence electrons. The number of benzene rings is 1. The van der Waals surface area contributed by atoms with E-state index < -0.39 is 11.5 Å². The van der Waals surface area contributed by atoms with Crippen LogP contribution in [0.1, 0.15) is 64.9 Å². The van der Waals surface area contributed by atoms with Crippen molar-refractivity contribution in [1.29, 1.82) is 0 Å². The van der Waals surface area contributed by atoms with Gasteiger partial charge in [0.2, 0.25) is 5.91 Å². The van der Waals surface area contributed by atoms with E-state index in [0.29, 0.717) is 23.0 Å². The van der Waals surface area contributed by atoms with Gasteiger partial charge in [-0.15, -0.1) is 11.3 Å². The van der Waals surface area contributed by atoms with Crippen molar-refractivity contribution in [2.75, 3.05) is 13.6 Å². The van der Waals surface area contributed by atoms with Crippen molar-refractivity contribution < 1.29 is 47.6 Å². The number of thiophene rings is 1. The lowest BCUT2D eigenvalue weighted by atomic mass is 9.77. The number of quaternary nitrogens is 1. The first-order chi connectivity index (χ1) is 16.3. The molecule has 36 heavy (non-hydrogen) atoms. The highest BCUT2D eigenvalue weighted by atomic mass is 127. The van der Waals surface area contributed by atoms with E-state index in [-0.39, 0.29) is 48.1 Å². The van der Waals surface area contributed by atoms with Crippen LogP contribution >= 0.6 is 22.9 Å². The van der Waals surface area contributed by atoms with Crippen molar-refractivity contribution >= 4 is 40.6 Å². The van der Waals surface area contributed by atoms with Crippen LogP contribution in [0.5, 0.6) is 0 Å². The smallest absolute Gasteiger partial charge is 0.309 e. The summed E-state index contributed by atoms with van der Waals surface area (Å²) in [5, 5.41) is 0.633. The van der Waals surface area contributed by atoms with E-state index in [1.807, 2.05) is 32.9 Å². The lowest BCUT2D eigenvalue weighted by Crippen LogP contribution is -3.00. The molecule has 2 aliphatic rings. The normalized spacial score (nSPS) is 23.1. The number of rotatable bonds is 7. The fourth-order valence-corrected chi connectivity index (χ4v) is 6.87. The molecule has 1 unspecified atom stereocenters. The first-order valence-electron chi connectivity index (χ1n) is 12.1. The first kappa shape index (κ1) is 29.1. The maximum absolute atomic E-state index is 12.8. The van der Waals surface area contributed by atoms with Gasteiger partial charge in [-0.3, -0.25) is 14.4 Å². The Morgan fingerprint density at radius 2 is 1.78 bits per heavy atom. The largest absolute Gasteiger partial charge is 1.00 e. The number of likely N-dealkylation sites (N-methyl/N-ethyl adjacent to an activating group) is 1. The van der Waals surface area contributed by atoms with Crippen LogP contribution in [0, 0.1) is 5.92 Å². The summed E-state index contributed by atoms with van der Waals surface area (Å²) in [6, 6.07) is 7.63. The van der Waals surface area contributed by atoms with Gasteiger partial charge in [0.05, 0.1) is 36.0 Å². The van der Waals surface area contributed by atoms with Gasteiger partial charge in [0.1, 0.15) is 17.9 Å². The van der Waals surface area contributed by atoms with Gasteiger partial charge in [-0.05, 0) is 44.0 Å². The predicted molar refractivity (Wildman–Crippen MR) is 138 cm³/mol. The number of fused-ring (bicyclic) bond motifs is 1. The molecule has 1 aliphatic heterocycles. The summed E-state index contributed by atoms with van der Waals surface area (Å²) in [6.45, 7) is 7.36. The minimum atomic E-state index is -0.468. The third-order valence-electron chi connectivity index (χ3n) is 7.19. The minimum absolute atomic E-state index is 0. The lowest BCUT2D eigenvalue weighted by Gasteiger charge is -2.50. The van der Waals surface area contributed by atoms with Gasteiger partial charge < -0.3 is 38.9 Å². The molecular formula is C27H34ClIN2O4S. The number of halogens is 2. The second-order valence-electron chi connectivity index (χ2n) is 11.2. The molecule has 2 N–H and O–H groups in total. The van der Waals surface area contributed by atoms with E-state index in [0.717, 1.165) is 57.7 Å². The molecule has 1 saturated carbocycles. The van der Waals surface area contributed by atoms with E-state index in [2.05, 4.69) is 7.05 Å². The van der Waals surface area contributed by atoms with Gasteiger partial charge in [0.15, 0.2) is 0 Å². The molecule has 1 aromatic carbocycles. The number of nitrogens with zero attached hydrogens (tertiary/aromatic N) is 1. The SMILES string of the molecule is CC(C)(C)OC(=O)C1CC([N+]2(C)CCc3c(sc(CC(=O)Cc4ccc(Cl)cc4)c3C(N)=O)C2)C1.[I-]. The number of Topliss-reactive ketones (excluding diaryl/α,β-unsaturated/α-hetero) is 1. The van der Waals surface area contributed by atoms with Crippen LogP contribution in [0.2, 0.25) is 5.02 Å². The molecular weight excluding hydrogens is 611 g/mol. The number of primary amides is 1. The second kappa shape index (κ2) is 11.1. The van der Waals surface area contributed by atoms with Crippen LogP contribution < -0.4 is 29.7 Å². The Bertz CT molecular complexity index is 1150. The summed E-state index contributed by atoms with van der Waals surface area (Å²) in [5.41, 5.74) is 7.76. The van der Waals surface area contributed by atoms with E-state index in [1.165, 1.54) is 0 Å². The topological polar surface area (TPSA) is 86.5 Å². The number of carbonyl (C=O) groups excluding carboxylic acids is 3. The van der Waals surface area contributed by atoms with Crippen LogP contribution in [-0.4, -0.2) is 47.4 Å². The number of ether oxygens (including phenoxy) is 1. The Balaban J connectivity index is 0.00000361. The third-order valence-corrected chi connectivity index (χ3v) is 8.66. The number of amides is 1. The molecule has 0 bridgehead atoms. The molecule has 6 nitrogen and oxygen atoms in total. The van der Waals surface area contributed by atoms with Crippen molar-refractivity contribution in [3.05, 3.63) is 55.7 Å². The van der Waals surface area contributed by atoms with E-state index in [9.17, 15) is 14.4 Å². The van der Waals surface area contributed by atoms with Crippen LogP contribution in [0.15, 0.2) is 24.3 Å². The van der Waals surface area contributed by atoms with E-state index >= 15 is 0 Å². The number of ketones is 1. The lowest BCUT2D eigenvalue weighted by molar-refractivity contribution is -0.953. The molecule has 1 atom stereocenters. The summed E-state index contributed by atoms with van der Waals surface area (Å²) in [4.78, 5) is 39.5. The monoisotopic (exact) mass is 644 g/mol. The fourth-order valence-electron chi connectivity index (χ4n) is 5.20. The quantitative estimate of drug-likeness (QED) is 0.281. The summed E-state index contributed by atoms with van der Waals surface area (Å²) >= 11 is 7.49. The van der Waals surface area contributed by atoms with Crippen molar-refractivity contribution in [2.45, 2.75) is 71.1 Å². The maximum Gasteiger partial charge on any atom is 0.309 e. The Kier molecular flexibility index (Phi) is 8.96. The molecule has 2 aromatic rings. The van der Waals surface area contributed by atoms with Crippen molar-refractivity contribution in [1.82, 2.24) is 0 Å². The zero-order valence-electron chi connectivity index (χ0n) is 21.2. The van der Waals surface area contributed by atoms with E-state index in [4.69, 9.17) is 22.1 Å². The first-order valence-corrected chi connectivity index (χ1v) is 13.3. The molecule has 0 spiro atoms. The molecule has 1 aliphatic carbocycles. The summed E-state index contributed by atoms with van der Waals surface area (Å²) < 4.78 is 6.40. The second-order valence-corrected chi connectivity index (χ2v) is 12.8. The molecule has 0 radical (unpaired) electrons. The summed E-state index contributed by atoms with van der Waals surface area (Å²) in [6.07, 6.45) is 2.88. The standard InChI is InChI=1S/C27H33ClN2O4S.HI/c1-27(2,3)34-26(33)17-12-19(13-17)30(4)10-9-21-23(15-30)35-22(24(21)25(29)32)14-20(31)11-16-5-7-18(28)8-6-16;/h5-8,17,19H,9-15H2,1-4H3,(H-,29,32);1H. The molecule has 9 heteroatoms. The van der Waals surface area contributed by atoms with Crippen LogP contribution in [0.3, 0.4) is 0 Å². The predicted octanol–water partition coefficient (Wildman–Crippen LogP) is 1.48. The van der Waals surface area contributed by atoms with Gasteiger partial charge in [-0.25, -0.2) is 0 Å². The van der Waals surface area contributed by atoms with Crippen molar-refractivity contribution in [3.63, 3.8) is 0 Å². The number of hydrogen-bond acceptors (Lipinski definition) is 5. The van der Waals surface area contributed by atoms with Crippen LogP contribution in [0.4, 0.5) is 0 Å². The average Bonchev–Trinajstić information content (AvgIpc) is 3.03. The Morgan fingerprint density at radius 3 is 2.36 bits per heavy atom. The zero-order valence-corrected chi connectivity index (χ0v) is 25.0. The van der Waals surface area contributed by atoms with Gasteiger partial charge in [0, 0.05) is 42.0 Å². The number of carbonyl (C=O) groups is 3. The number of hydrogen-bond donors (Lipinski definition) is 1. The summed E-state index contributed by atoms with van der Waals surface area (Å²) in [7, 11) is 2.23. The molecule has 1 aromatic heterocycles. The molecule has 1 fully saturated rings. The highest BCUT2D eigenvalue weighted by Crippen LogP contribution is 2.43. The van der Waals surface area contributed by atoms with E-state index in [1.54, 1.807) is 23.5 Å². The van der Waals surface area contributed by atoms with Crippen LogP contribution in [-0.2, 0) is 40.1 Å². The summed E-state index contributed by atoms with van der Waals surface area (Å²) in [5.74, 6) is -0.556. The molecule has 2 heterocycles. The molecule has 0 saturated heterocycles. The zero-order chi connectivity index (χ0) is 25.5. The number of esters is 1.